The molecule has 0 aliphatic heterocycles. The quantitative estimate of drug-likeness (QED) is 0.263. The molecule has 0 saturated heterocycles. The van der Waals surface area contributed by atoms with Gasteiger partial charge in [-0.15, -0.1) is 0 Å². The normalized spacial score (nSPS) is 10.8. The number of hydrogen-bond acceptors (Lipinski definition) is 5. The van der Waals surface area contributed by atoms with Gasteiger partial charge in [-0.3, -0.25) is 14.9 Å². The van der Waals surface area contributed by atoms with Crippen LogP contribution in [0.4, 0.5) is 0 Å². The fraction of sp³-hybridized carbons (Fsp3) is 0.231. The van der Waals surface area contributed by atoms with Crippen LogP contribution in [-0.4, -0.2) is 29.3 Å². The highest BCUT2D eigenvalue weighted by molar-refractivity contribution is 6.11. The van der Waals surface area contributed by atoms with Crippen molar-refractivity contribution < 1.29 is 19.2 Å². The van der Waals surface area contributed by atoms with E-state index in [1.165, 1.54) is 6.92 Å². The molecule has 19 heavy (non-hydrogen) atoms. The Labute approximate surface area is 109 Å². The molecule has 0 aromatic heterocycles. The Balaban J connectivity index is 2.88. The minimum Gasteiger partial charge on any atom is -0.461 e. The monoisotopic (exact) mass is 261 g/mol. The zero-order valence-corrected chi connectivity index (χ0v) is 10.2. The lowest BCUT2D eigenvalue weighted by molar-refractivity contribution is -0.495. The lowest BCUT2D eigenvalue weighted by Crippen LogP contribution is -2.38. The standard InChI is InChI=1S/C13H11NO5/c1-2-19-13(16)12(14(17)18)11(15)9-8-10-6-4-3-5-7-10/h3-7,12H,2H2,1H3. The molecule has 0 aliphatic carbocycles. The molecule has 6 nitrogen and oxygen atoms in total. The third kappa shape index (κ3) is 4.24. The number of ketones is 1. The predicted octanol–water partition coefficient (Wildman–Crippen LogP) is 0.816. The number of Topliss-reactive ketones (excluding diaryl/α,β-unsaturated/α-hetero) is 1. The number of benzene rings is 1. The van der Waals surface area contributed by atoms with E-state index in [4.69, 9.17) is 0 Å². The molecule has 0 radical (unpaired) electrons. The maximum atomic E-state index is 11.6. The number of hydrogen-bond donors (Lipinski definition) is 0. The molecule has 1 aromatic rings. The Morgan fingerprint density at radius 1 is 1.37 bits per heavy atom. The van der Waals surface area contributed by atoms with Crippen LogP contribution in [0, 0.1) is 22.0 Å². The highest BCUT2D eigenvalue weighted by atomic mass is 16.6. The van der Waals surface area contributed by atoms with Crippen LogP contribution in [-0.2, 0) is 14.3 Å². The second-order valence-corrected chi connectivity index (χ2v) is 3.42. The van der Waals surface area contributed by atoms with E-state index in [1.54, 1.807) is 30.3 Å². The SMILES string of the molecule is CCOC(=O)C(C(=O)C#Cc1ccccc1)[N+](=O)[O-]. The molecule has 0 N–H and O–H groups in total. The molecule has 0 heterocycles. The first-order valence-electron chi connectivity index (χ1n) is 5.47. The van der Waals surface area contributed by atoms with Crippen LogP contribution in [0.5, 0.6) is 0 Å². The number of nitro groups is 1. The summed E-state index contributed by atoms with van der Waals surface area (Å²) in [7, 11) is 0. The van der Waals surface area contributed by atoms with E-state index in [1.807, 2.05) is 0 Å². The zero-order chi connectivity index (χ0) is 14.3. The first-order chi connectivity index (χ1) is 9.06. The number of esters is 1. The van der Waals surface area contributed by atoms with Crippen molar-refractivity contribution in [2.75, 3.05) is 6.61 Å². The van der Waals surface area contributed by atoms with Crippen LogP contribution in [0.1, 0.15) is 12.5 Å². The van der Waals surface area contributed by atoms with Crippen molar-refractivity contribution in [3.8, 4) is 11.8 Å². The van der Waals surface area contributed by atoms with Crippen molar-refractivity contribution >= 4 is 11.8 Å². The number of nitrogens with zero attached hydrogens (tertiary/aromatic N) is 1. The Morgan fingerprint density at radius 3 is 2.53 bits per heavy atom. The van der Waals surface area contributed by atoms with Gasteiger partial charge in [-0.2, -0.15) is 0 Å². The molecule has 1 atom stereocenters. The van der Waals surface area contributed by atoms with Crippen LogP contribution < -0.4 is 0 Å². The van der Waals surface area contributed by atoms with Crippen LogP contribution in [0.2, 0.25) is 0 Å². The van der Waals surface area contributed by atoms with E-state index in [9.17, 15) is 19.7 Å². The fourth-order valence-corrected chi connectivity index (χ4v) is 1.23. The van der Waals surface area contributed by atoms with E-state index in [0.29, 0.717) is 5.56 Å². The lowest BCUT2D eigenvalue weighted by atomic mass is 10.1. The maximum Gasteiger partial charge on any atom is 0.391 e. The van der Waals surface area contributed by atoms with E-state index >= 15 is 0 Å². The molecule has 0 aliphatic rings. The second kappa shape index (κ2) is 6.91. The maximum absolute atomic E-state index is 11.6. The molecule has 0 amide bonds. The number of ether oxygens (including phenoxy) is 1. The van der Waals surface area contributed by atoms with Crippen molar-refractivity contribution in [3.05, 3.63) is 46.0 Å². The summed E-state index contributed by atoms with van der Waals surface area (Å²) in [4.78, 5) is 32.5. The zero-order valence-electron chi connectivity index (χ0n) is 10.2. The van der Waals surface area contributed by atoms with Gasteiger partial charge in [0.1, 0.15) is 0 Å². The van der Waals surface area contributed by atoms with Crippen molar-refractivity contribution in [2.45, 2.75) is 13.0 Å². The predicted molar refractivity (Wildman–Crippen MR) is 65.7 cm³/mol. The topological polar surface area (TPSA) is 86.5 Å². The third-order valence-electron chi connectivity index (χ3n) is 2.07. The van der Waals surface area contributed by atoms with Gasteiger partial charge < -0.3 is 4.74 Å². The first kappa shape index (κ1) is 14.4. The van der Waals surface area contributed by atoms with Gasteiger partial charge >= 0.3 is 12.0 Å². The first-order valence-corrected chi connectivity index (χ1v) is 5.47. The average molecular weight is 261 g/mol. The number of carbonyl (C=O) groups excluding carboxylic acids is 2. The molecular weight excluding hydrogens is 250 g/mol. The van der Waals surface area contributed by atoms with Crippen LogP contribution in [0.3, 0.4) is 0 Å². The molecule has 6 heteroatoms. The molecule has 0 bridgehead atoms. The minimum atomic E-state index is -2.09. The van der Waals surface area contributed by atoms with Crippen molar-refractivity contribution in [3.63, 3.8) is 0 Å². The Morgan fingerprint density at radius 2 is 2.00 bits per heavy atom. The van der Waals surface area contributed by atoms with Crippen molar-refractivity contribution in [1.29, 1.82) is 0 Å². The van der Waals surface area contributed by atoms with E-state index < -0.39 is 22.7 Å². The minimum absolute atomic E-state index is 0.0391. The summed E-state index contributed by atoms with van der Waals surface area (Å²) >= 11 is 0. The third-order valence-corrected chi connectivity index (χ3v) is 2.07. The summed E-state index contributed by atoms with van der Waals surface area (Å²) in [5, 5.41) is 10.7. The van der Waals surface area contributed by atoms with Crippen molar-refractivity contribution in [1.82, 2.24) is 0 Å². The van der Waals surface area contributed by atoms with E-state index in [0.717, 1.165) is 0 Å². The van der Waals surface area contributed by atoms with Gasteiger partial charge in [0.2, 0.25) is 0 Å². The lowest BCUT2D eigenvalue weighted by Gasteiger charge is -2.03. The fourth-order valence-electron chi connectivity index (χ4n) is 1.23. The van der Waals surface area contributed by atoms with Gasteiger partial charge in [-0.25, -0.2) is 4.79 Å². The second-order valence-electron chi connectivity index (χ2n) is 3.42. The highest BCUT2D eigenvalue weighted by Gasteiger charge is 2.38. The summed E-state index contributed by atoms with van der Waals surface area (Å²) in [6, 6.07) is 6.40. The highest BCUT2D eigenvalue weighted by Crippen LogP contribution is 1.99. The van der Waals surface area contributed by atoms with Crippen LogP contribution in [0.15, 0.2) is 30.3 Å². The Bertz CT molecular complexity index is 541. The largest absolute Gasteiger partial charge is 0.461 e. The Kier molecular flexibility index (Phi) is 5.23. The Hall–Kier alpha value is -2.68. The summed E-state index contributed by atoms with van der Waals surface area (Å²) in [5.74, 6) is 2.27. The van der Waals surface area contributed by atoms with Crippen molar-refractivity contribution in [2.24, 2.45) is 0 Å². The molecule has 1 rings (SSSR count). The van der Waals surface area contributed by atoms with E-state index in [2.05, 4.69) is 16.6 Å². The molecule has 1 aromatic carbocycles. The molecule has 1 unspecified atom stereocenters. The van der Waals surface area contributed by atoms with E-state index in [-0.39, 0.29) is 6.61 Å². The van der Waals surface area contributed by atoms with Crippen LogP contribution >= 0.6 is 0 Å². The van der Waals surface area contributed by atoms with Gasteiger partial charge in [-0.1, -0.05) is 24.1 Å². The average Bonchev–Trinajstić information content (AvgIpc) is 2.37. The van der Waals surface area contributed by atoms with Gasteiger partial charge in [0.15, 0.2) is 0 Å². The molecule has 0 fully saturated rings. The molecule has 0 spiro atoms. The summed E-state index contributed by atoms with van der Waals surface area (Å²) < 4.78 is 4.47. The summed E-state index contributed by atoms with van der Waals surface area (Å²) in [5.41, 5.74) is 0.529. The van der Waals surface area contributed by atoms with Gasteiger partial charge in [-0.05, 0) is 25.0 Å². The number of rotatable bonds is 4. The van der Waals surface area contributed by atoms with Gasteiger partial charge in [0, 0.05) is 10.5 Å². The summed E-state index contributed by atoms with van der Waals surface area (Å²) in [6.07, 6.45) is 0. The smallest absolute Gasteiger partial charge is 0.391 e. The van der Waals surface area contributed by atoms with Gasteiger partial charge in [0.05, 0.1) is 6.61 Å². The summed E-state index contributed by atoms with van der Waals surface area (Å²) in [6.45, 7) is 1.46. The number of carbonyl (C=O) groups is 2. The molecule has 98 valence electrons. The van der Waals surface area contributed by atoms with Crippen LogP contribution in [0.25, 0.3) is 0 Å². The molecular formula is C13H11NO5. The molecule has 0 saturated carbocycles. The van der Waals surface area contributed by atoms with Gasteiger partial charge in [0.25, 0.3) is 5.78 Å².